The van der Waals surface area contributed by atoms with Gasteiger partial charge >= 0.3 is 12.1 Å². The fourth-order valence-electron chi connectivity index (χ4n) is 4.68. The Kier molecular flexibility index (Phi) is 7.91. The number of thiazole rings is 1. The number of aliphatic carboxylic acids is 1. The number of benzene rings is 1. The molecule has 0 aliphatic carbocycles. The minimum absolute atomic E-state index is 0.0425. The Hall–Kier alpha value is -3.25. The molecule has 39 heavy (non-hydrogen) atoms. The minimum Gasteiger partial charge on any atom is -0.481 e. The maximum absolute atomic E-state index is 14.5. The number of carboxylic acid groups (broad SMARTS) is 1. The molecule has 0 radical (unpaired) electrons. The lowest BCUT2D eigenvalue weighted by Crippen LogP contribution is -2.25. The van der Waals surface area contributed by atoms with Crippen LogP contribution >= 0.6 is 22.9 Å². The standard InChI is InChI=1S/C26H25ClF4N4O3S/c1-25(2,3)8-14-10-35(11-16(14)23(37)38)21-18(27)7-13(9-32-21)22(36)34-24-33-19(12-39-24)15-5-4-6-17(20(15)28)26(29,30)31/h4-7,9,12,14,16H,8,10-11H2,1-3H3,(H,37,38)(H,33,34,36)/t14-,16-/m0/s1. The summed E-state index contributed by atoms with van der Waals surface area (Å²) >= 11 is 7.36. The zero-order valence-corrected chi connectivity index (χ0v) is 22.7. The third-order valence-corrected chi connectivity index (χ3v) is 7.36. The highest BCUT2D eigenvalue weighted by Gasteiger charge is 2.40. The summed E-state index contributed by atoms with van der Waals surface area (Å²) in [5, 5.41) is 13.8. The normalized spacial score (nSPS) is 17.9. The largest absolute Gasteiger partial charge is 0.481 e. The molecule has 3 aromatic rings. The van der Waals surface area contributed by atoms with Gasteiger partial charge in [-0.3, -0.25) is 14.9 Å². The van der Waals surface area contributed by atoms with E-state index in [-0.39, 0.29) is 44.9 Å². The van der Waals surface area contributed by atoms with Crippen LogP contribution in [0.15, 0.2) is 35.8 Å². The molecule has 0 saturated carbocycles. The van der Waals surface area contributed by atoms with Crippen molar-refractivity contribution in [3.05, 3.63) is 57.8 Å². The quantitative estimate of drug-likeness (QED) is 0.308. The van der Waals surface area contributed by atoms with Crippen LogP contribution in [-0.4, -0.2) is 40.0 Å². The molecule has 1 aliphatic heterocycles. The number of hydrogen-bond acceptors (Lipinski definition) is 6. The molecule has 13 heteroatoms. The lowest BCUT2D eigenvalue weighted by atomic mass is 9.80. The van der Waals surface area contributed by atoms with Crippen LogP contribution in [0.3, 0.4) is 0 Å². The van der Waals surface area contributed by atoms with Crippen molar-refractivity contribution in [2.24, 2.45) is 17.3 Å². The fraction of sp³-hybridized carbons (Fsp3) is 0.385. The van der Waals surface area contributed by atoms with Gasteiger partial charge in [0.2, 0.25) is 0 Å². The Bertz CT molecular complexity index is 1410. The van der Waals surface area contributed by atoms with E-state index in [1.165, 1.54) is 23.7 Å². The number of rotatable bonds is 6. The van der Waals surface area contributed by atoms with Crippen LogP contribution in [-0.2, 0) is 11.0 Å². The first-order valence-electron chi connectivity index (χ1n) is 11.9. The second-order valence-corrected chi connectivity index (χ2v) is 11.8. The number of anilines is 2. The number of carbonyl (C=O) groups is 2. The molecule has 1 amide bonds. The van der Waals surface area contributed by atoms with Crippen LogP contribution in [0.25, 0.3) is 11.3 Å². The molecule has 208 valence electrons. The summed E-state index contributed by atoms with van der Waals surface area (Å²) in [6, 6.07) is 4.29. The van der Waals surface area contributed by atoms with Crippen LogP contribution in [0.1, 0.15) is 43.1 Å². The highest BCUT2D eigenvalue weighted by atomic mass is 35.5. The topological polar surface area (TPSA) is 95.4 Å². The highest BCUT2D eigenvalue weighted by molar-refractivity contribution is 7.14. The van der Waals surface area contributed by atoms with E-state index in [1.54, 1.807) is 4.90 Å². The summed E-state index contributed by atoms with van der Waals surface area (Å²) in [5.41, 5.74) is -1.78. The average molecular weight is 585 g/mol. The van der Waals surface area contributed by atoms with Crippen LogP contribution in [0.4, 0.5) is 28.5 Å². The molecule has 1 fully saturated rings. The van der Waals surface area contributed by atoms with E-state index in [2.05, 4.69) is 36.1 Å². The summed E-state index contributed by atoms with van der Waals surface area (Å²) in [7, 11) is 0. The number of pyridine rings is 1. The monoisotopic (exact) mass is 584 g/mol. The first kappa shape index (κ1) is 28.8. The second-order valence-electron chi connectivity index (χ2n) is 10.6. The first-order valence-corrected chi connectivity index (χ1v) is 13.2. The Balaban J connectivity index is 1.48. The molecule has 1 saturated heterocycles. The van der Waals surface area contributed by atoms with Crippen LogP contribution in [0.2, 0.25) is 5.02 Å². The third-order valence-electron chi connectivity index (χ3n) is 6.32. The van der Waals surface area contributed by atoms with Gasteiger partial charge in [-0.2, -0.15) is 13.2 Å². The zero-order chi connectivity index (χ0) is 28.7. The molecule has 4 rings (SSSR count). The molecular formula is C26H25ClF4N4O3S. The van der Waals surface area contributed by atoms with E-state index >= 15 is 0 Å². The summed E-state index contributed by atoms with van der Waals surface area (Å²) in [6.45, 7) is 6.85. The number of carbonyl (C=O) groups excluding carboxylic acids is 1. The second kappa shape index (κ2) is 10.7. The van der Waals surface area contributed by atoms with Crippen molar-refractivity contribution in [1.82, 2.24) is 9.97 Å². The van der Waals surface area contributed by atoms with Gasteiger partial charge in [0.25, 0.3) is 5.91 Å². The first-order chi connectivity index (χ1) is 18.1. The van der Waals surface area contributed by atoms with Gasteiger partial charge in [-0.05, 0) is 36.0 Å². The van der Waals surface area contributed by atoms with Crippen molar-refractivity contribution < 1.29 is 32.3 Å². The Morgan fingerprint density at radius 2 is 1.95 bits per heavy atom. The van der Waals surface area contributed by atoms with Crippen LogP contribution in [0, 0.1) is 23.1 Å². The average Bonchev–Trinajstić information content (AvgIpc) is 3.44. The van der Waals surface area contributed by atoms with Gasteiger partial charge in [-0.25, -0.2) is 14.4 Å². The number of aromatic nitrogens is 2. The van der Waals surface area contributed by atoms with Crippen molar-refractivity contribution in [1.29, 1.82) is 0 Å². The van der Waals surface area contributed by atoms with Gasteiger partial charge in [0.05, 0.1) is 27.8 Å². The molecular weight excluding hydrogens is 560 g/mol. The van der Waals surface area contributed by atoms with E-state index < -0.39 is 35.4 Å². The van der Waals surface area contributed by atoms with Crippen LogP contribution < -0.4 is 10.2 Å². The maximum Gasteiger partial charge on any atom is 0.419 e. The molecule has 3 heterocycles. The molecule has 7 nitrogen and oxygen atoms in total. The van der Waals surface area contributed by atoms with E-state index in [4.69, 9.17) is 11.6 Å². The van der Waals surface area contributed by atoms with E-state index in [0.717, 1.165) is 17.4 Å². The molecule has 1 aromatic carbocycles. The molecule has 0 spiro atoms. The SMILES string of the molecule is CC(C)(C)C[C@H]1CN(c2ncc(C(=O)Nc3nc(-c4cccc(C(F)(F)F)c4F)cs3)cc2Cl)C[C@@H]1C(=O)O. The number of nitrogens with zero attached hydrogens (tertiary/aromatic N) is 3. The highest BCUT2D eigenvalue weighted by Crippen LogP contribution is 2.39. The number of nitrogens with one attached hydrogen (secondary N) is 1. The van der Waals surface area contributed by atoms with Gasteiger partial charge in [-0.1, -0.05) is 38.4 Å². The van der Waals surface area contributed by atoms with Gasteiger partial charge in [-0.15, -0.1) is 11.3 Å². The molecule has 1 aliphatic rings. The molecule has 2 aromatic heterocycles. The van der Waals surface area contributed by atoms with E-state index in [1.807, 2.05) is 0 Å². The predicted molar refractivity (Wildman–Crippen MR) is 141 cm³/mol. The van der Waals surface area contributed by atoms with Crippen molar-refractivity contribution in [2.45, 2.75) is 33.4 Å². The minimum atomic E-state index is -4.86. The van der Waals surface area contributed by atoms with Gasteiger partial charge in [0.1, 0.15) is 11.6 Å². The number of amides is 1. The van der Waals surface area contributed by atoms with Crippen molar-refractivity contribution >= 4 is 45.8 Å². The number of halogens is 5. The molecule has 2 N–H and O–H groups in total. The Labute approximate surface area is 230 Å². The molecule has 2 atom stereocenters. The number of alkyl halides is 3. The van der Waals surface area contributed by atoms with Crippen molar-refractivity contribution in [2.75, 3.05) is 23.3 Å². The molecule has 0 bridgehead atoms. The molecule has 0 unspecified atom stereocenters. The summed E-state index contributed by atoms with van der Waals surface area (Å²) < 4.78 is 53.6. The predicted octanol–water partition coefficient (Wildman–Crippen LogP) is 6.84. The third kappa shape index (κ3) is 6.50. The maximum atomic E-state index is 14.5. The Morgan fingerprint density at radius 1 is 1.23 bits per heavy atom. The Morgan fingerprint density at radius 3 is 2.56 bits per heavy atom. The zero-order valence-electron chi connectivity index (χ0n) is 21.1. The van der Waals surface area contributed by atoms with Gasteiger partial charge in [0.15, 0.2) is 5.13 Å². The van der Waals surface area contributed by atoms with Crippen molar-refractivity contribution in [3.63, 3.8) is 0 Å². The smallest absolute Gasteiger partial charge is 0.419 e. The lowest BCUT2D eigenvalue weighted by molar-refractivity contribution is -0.142. The van der Waals surface area contributed by atoms with E-state index in [0.29, 0.717) is 24.8 Å². The lowest BCUT2D eigenvalue weighted by Gasteiger charge is -2.25. The fourth-order valence-corrected chi connectivity index (χ4v) is 5.67. The number of carboxylic acids is 1. The summed E-state index contributed by atoms with van der Waals surface area (Å²) in [4.78, 5) is 34.8. The van der Waals surface area contributed by atoms with Gasteiger partial charge in [0, 0.05) is 30.2 Å². The summed E-state index contributed by atoms with van der Waals surface area (Å²) in [5.74, 6) is -3.26. The number of hydrogen-bond donors (Lipinski definition) is 2. The summed E-state index contributed by atoms with van der Waals surface area (Å²) in [6.07, 6.45) is -2.86. The van der Waals surface area contributed by atoms with Crippen molar-refractivity contribution in [3.8, 4) is 11.3 Å². The van der Waals surface area contributed by atoms with E-state index in [9.17, 15) is 32.3 Å². The van der Waals surface area contributed by atoms with Crippen LogP contribution in [0.5, 0.6) is 0 Å². The van der Waals surface area contributed by atoms with Gasteiger partial charge < -0.3 is 10.0 Å².